The average Bonchev–Trinajstić information content (AvgIpc) is 1.97. The maximum Gasteiger partial charge on any atom is 0.330 e. The lowest BCUT2D eigenvalue weighted by atomic mass is 9.82. The Morgan fingerprint density at radius 2 is 1.92 bits per heavy atom. The molecule has 0 aliphatic carbocycles. The predicted octanol–water partition coefficient (Wildman–Crippen LogP) is 2.40. The summed E-state index contributed by atoms with van der Waals surface area (Å²) in [6.45, 7) is 8.50. The molecule has 0 radical (unpaired) electrons. The van der Waals surface area contributed by atoms with Crippen LogP contribution in [0.4, 0.5) is 0 Å². The summed E-state index contributed by atoms with van der Waals surface area (Å²) in [4.78, 5) is 10.7. The lowest BCUT2D eigenvalue weighted by molar-refractivity contribution is -0.134. The molecular formula is C10H18O2. The fraction of sp³-hybridized carbons (Fsp3) is 0.700. The second-order valence-electron chi connectivity index (χ2n) is 4.04. The van der Waals surface area contributed by atoms with Crippen LogP contribution in [0.5, 0.6) is 0 Å². The van der Waals surface area contributed by atoms with E-state index in [1.54, 1.807) is 0 Å². The fourth-order valence-corrected chi connectivity index (χ4v) is 0.580. The first-order valence-corrected chi connectivity index (χ1v) is 4.14. The molecule has 0 aliphatic rings. The number of allylic oxidation sites excluding steroid dienone is 1. The van der Waals surface area contributed by atoms with Crippen molar-refractivity contribution in [1.82, 2.24) is 0 Å². The lowest BCUT2D eigenvalue weighted by Gasteiger charge is -2.23. The third-order valence-corrected chi connectivity index (χ3v) is 2.09. The number of esters is 1. The Morgan fingerprint density at radius 3 is 2.25 bits per heavy atom. The Balaban J connectivity index is 4.09. The first kappa shape index (κ1) is 11.2. The van der Waals surface area contributed by atoms with E-state index in [2.05, 4.69) is 32.4 Å². The van der Waals surface area contributed by atoms with Gasteiger partial charge in [0.1, 0.15) is 0 Å². The molecule has 2 nitrogen and oxygen atoms in total. The molecule has 0 N–H and O–H groups in total. The van der Waals surface area contributed by atoms with Crippen LogP contribution in [-0.2, 0) is 9.53 Å². The van der Waals surface area contributed by atoms with Gasteiger partial charge < -0.3 is 4.74 Å². The Hall–Kier alpha value is -0.790. The van der Waals surface area contributed by atoms with Gasteiger partial charge in [-0.05, 0) is 11.3 Å². The molecule has 1 atom stereocenters. The van der Waals surface area contributed by atoms with Crippen molar-refractivity contribution < 1.29 is 9.53 Å². The lowest BCUT2D eigenvalue weighted by Crippen LogP contribution is -2.15. The van der Waals surface area contributed by atoms with Crippen LogP contribution in [0.3, 0.4) is 0 Å². The van der Waals surface area contributed by atoms with Crippen molar-refractivity contribution in [3.63, 3.8) is 0 Å². The van der Waals surface area contributed by atoms with Crippen LogP contribution < -0.4 is 0 Å². The minimum atomic E-state index is -0.286. The zero-order valence-electron chi connectivity index (χ0n) is 8.55. The van der Waals surface area contributed by atoms with Crippen molar-refractivity contribution in [2.45, 2.75) is 27.7 Å². The molecule has 0 amide bonds. The van der Waals surface area contributed by atoms with Gasteiger partial charge in [-0.25, -0.2) is 4.79 Å². The number of carbonyl (C=O) groups excluding carboxylic acids is 1. The van der Waals surface area contributed by atoms with Crippen LogP contribution >= 0.6 is 0 Å². The minimum absolute atomic E-state index is 0.199. The van der Waals surface area contributed by atoms with Gasteiger partial charge in [0.15, 0.2) is 0 Å². The summed E-state index contributed by atoms with van der Waals surface area (Å²) in [5, 5.41) is 0. The summed E-state index contributed by atoms with van der Waals surface area (Å²) in [6, 6.07) is 0. The molecule has 0 fully saturated rings. The zero-order valence-corrected chi connectivity index (χ0v) is 8.55. The monoisotopic (exact) mass is 170 g/mol. The number of hydrogen-bond acceptors (Lipinski definition) is 2. The van der Waals surface area contributed by atoms with Gasteiger partial charge in [0.2, 0.25) is 0 Å². The van der Waals surface area contributed by atoms with E-state index in [-0.39, 0.29) is 11.4 Å². The summed E-state index contributed by atoms with van der Waals surface area (Å²) < 4.78 is 4.49. The van der Waals surface area contributed by atoms with Crippen LogP contribution in [0.2, 0.25) is 0 Å². The van der Waals surface area contributed by atoms with Gasteiger partial charge in [-0.1, -0.05) is 33.8 Å². The van der Waals surface area contributed by atoms with Gasteiger partial charge in [-0.3, -0.25) is 0 Å². The van der Waals surface area contributed by atoms with Crippen molar-refractivity contribution in [3.05, 3.63) is 12.2 Å². The van der Waals surface area contributed by atoms with Gasteiger partial charge in [0.25, 0.3) is 0 Å². The Labute approximate surface area is 74.6 Å². The summed E-state index contributed by atoms with van der Waals surface area (Å²) in [7, 11) is 1.38. The molecule has 12 heavy (non-hydrogen) atoms. The quantitative estimate of drug-likeness (QED) is 0.470. The summed E-state index contributed by atoms with van der Waals surface area (Å²) in [5.74, 6) is 0.0858. The van der Waals surface area contributed by atoms with E-state index < -0.39 is 0 Å². The van der Waals surface area contributed by atoms with E-state index in [0.29, 0.717) is 5.92 Å². The second-order valence-corrected chi connectivity index (χ2v) is 4.04. The molecule has 0 bridgehead atoms. The number of carbonyl (C=O) groups is 1. The third kappa shape index (κ3) is 4.16. The minimum Gasteiger partial charge on any atom is -0.466 e. The molecule has 0 aromatic rings. The van der Waals surface area contributed by atoms with Crippen LogP contribution in [0.15, 0.2) is 12.2 Å². The molecule has 0 saturated carbocycles. The van der Waals surface area contributed by atoms with E-state index in [0.717, 1.165) is 0 Å². The first-order chi connectivity index (χ1) is 5.38. The molecule has 0 aliphatic heterocycles. The number of hydrogen-bond donors (Lipinski definition) is 0. The number of rotatable bonds is 2. The van der Waals surface area contributed by atoms with Crippen molar-refractivity contribution in [2.24, 2.45) is 11.3 Å². The van der Waals surface area contributed by atoms with Gasteiger partial charge in [-0.15, -0.1) is 0 Å². The van der Waals surface area contributed by atoms with E-state index in [4.69, 9.17) is 0 Å². The van der Waals surface area contributed by atoms with Crippen LogP contribution in [0.25, 0.3) is 0 Å². The normalized spacial score (nSPS) is 14.8. The molecule has 0 saturated heterocycles. The van der Waals surface area contributed by atoms with E-state index in [9.17, 15) is 4.79 Å². The van der Waals surface area contributed by atoms with Gasteiger partial charge in [0, 0.05) is 6.08 Å². The molecule has 0 spiro atoms. The highest BCUT2D eigenvalue weighted by Gasteiger charge is 2.17. The van der Waals surface area contributed by atoms with Crippen LogP contribution in [0.1, 0.15) is 27.7 Å². The predicted molar refractivity (Wildman–Crippen MR) is 49.8 cm³/mol. The molecule has 70 valence electrons. The maximum atomic E-state index is 10.7. The Morgan fingerprint density at radius 1 is 1.42 bits per heavy atom. The maximum absolute atomic E-state index is 10.7. The largest absolute Gasteiger partial charge is 0.466 e. The first-order valence-electron chi connectivity index (χ1n) is 4.14. The standard InChI is InChI=1S/C10H18O2/c1-8(10(2,3)4)6-7-9(11)12-5/h6-8H,1-5H3/b7-6+. The highest BCUT2D eigenvalue weighted by atomic mass is 16.5. The fourth-order valence-electron chi connectivity index (χ4n) is 0.580. The summed E-state index contributed by atoms with van der Waals surface area (Å²) in [6.07, 6.45) is 3.36. The molecule has 0 aromatic carbocycles. The SMILES string of the molecule is COC(=O)/C=C/C(C)C(C)(C)C. The highest BCUT2D eigenvalue weighted by Crippen LogP contribution is 2.25. The van der Waals surface area contributed by atoms with Crippen molar-refractivity contribution >= 4 is 5.97 Å². The van der Waals surface area contributed by atoms with Gasteiger partial charge in [0.05, 0.1) is 7.11 Å². The molecule has 0 rings (SSSR count). The number of ether oxygens (including phenoxy) is 1. The van der Waals surface area contributed by atoms with Crippen molar-refractivity contribution in [2.75, 3.05) is 7.11 Å². The van der Waals surface area contributed by atoms with Gasteiger partial charge >= 0.3 is 5.97 Å². The highest BCUT2D eigenvalue weighted by molar-refractivity contribution is 5.81. The van der Waals surface area contributed by atoms with E-state index in [1.165, 1.54) is 13.2 Å². The molecule has 0 heterocycles. The van der Waals surface area contributed by atoms with Crippen LogP contribution in [0, 0.1) is 11.3 Å². The van der Waals surface area contributed by atoms with Crippen molar-refractivity contribution in [1.29, 1.82) is 0 Å². The second kappa shape index (κ2) is 4.29. The molecular weight excluding hydrogens is 152 g/mol. The van der Waals surface area contributed by atoms with E-state index in [1.807, 2.05) is 6.08 Å². The zero-order chi connectivity index (χ0) is 9.78. The molecule has 0 aromatic heterocycles. The topological polar surface area (TPSA) is 26.3 Å². The van der Waals surface area contributed by atoms with E-state index >= 15 is 0 Å². The average molecular weight is 170 g/mol. The molecule has 2 heteroatoms. The van der Waals surface area contributed by atoms with Crippen LogP contribution in [-0.4, -0.2) is 13.1 Å². The summed E-state index contributed by atoms with van der Waals surface area (Å²) in [5.41, 5.74) is 0.199. The van der Waals surface area contributed by atoms with Crippen molar-refractivity contribution in [3.8, 4) is 0 Å². The number of methoxy groups -OCH3 is 1. The third-order valence-electron chi connectivity index (χ3n) is 2.09. The molecule has 1 unspecified atom stereocenters. The Kier molecular flexibility index (Phi) is 4.01. The Bertz CT molecular complexity index is 175. The smallest absolute Gasteiger partial charge is 0.330 e. The van der Waals surface area contributed by atoms with Gasteiger partial charge in [-0.2, -0.15) is 0 Å². The summed E-state index contributed by atoms with van der Waals surface area (Å²) >= 11 is 0.